The van der Waals surface area contributed by atoms with E-state index in [1.165, 1.54) is 6.07 Å². The zero-order valence-corrected chi connectivity index (χ0v) is 12.0. The molecule has 106 valence electrons. The van der Waals surface area contributed by atoms with Gasteiger partial charge in [-0.1, -0.05) is 31.5 Å². The van der Waals surface area contributed by atoms with Crippen LogP contribution in [0, 0.1) is 5.82 Å². The fourth-order valence-electron chi connectivity index (χ4n) is 1.83. The quantitative estimate of drug-likeness (QED) is 0.757. The molecular weight excluding hydrogens is 243 g/mol. The van der Waals surface area contributed by atoms with Crippen LogP contribution in [0.2, 0.25) is 0 Å². The Kier molecular flexibility index (Phi) is 6.50. The van der Waals surface area contributed by atoms with Gasteiger partial charge >= 0.3 is 0 Å². The smallest absolute Gasteiger partial charge is 0.236 e. The van der Waals surface area contributed by atoms with Crippen molar-refractivity contribution in [2.45, 2.75) is 26.3 Å². The van der Waals surface area contributed by atoms with Crippen molar-refractivity contribution in [3.05, 3.63) is 35.6 Å². The summed E-state index contributed by atoms with van der Waals surface area (Å²) in [4.78, 5) is 15.6. The molecule has 0 saturated heterocycles. The van der Waals surface area contributed by atoms with Crippen LogP contribution in [0.5, 0.6) is 0 Å². The van der Waals surface area contributed by atoms with Gasteiger partial charge < -0.3 is 4.90 Å². The highest BCUT2D eigenvalue weighted by Crippen LogP contribution is 2.09. The van der Waals surface area contributed by atoms with Crippen molar-refractivity contribution in [3.63, 3.8) is 0 Å². The van der Waals surface area contributed by atoms with Crippen LogP contribution in [0.4, 0.5) is 4.39 Å². The summed E-state index contributed by atoms with van der Waals surface area (Å²) in [6.45, 7) is 3.73. The van der Waals surface area contributed by atoms with E-state index in [0.717, 1.165) is 19.4 Å². The van der Waals surface area contributed by atoms with E-state index in [1.807, 2.05) is 11.9 Å². The number of halogens is 1. The first-order valence-corrected chi connectivity index (χ1v) is 6.70. The molecule has 0 spiro atoms. The molecule has 0 unspecified atom stereocenters. The Morgan fingerprint density at radius 1 is 1.26 bits per heavy atom. The molecule has 0 bridgehead atoms. The van der Waals surface area contributed by atoms with Gasteiger partial charge in [0.05, 0.1) is 6.54 Å². The molecule has 1 rings (SSSR count). The van der Waals surface area contributed by atoms with E-state index in [4.69, 9.17) is 0 Å². The fraction of sp³-hybridized carbons (Fsp3) is 0.533. The van der Waals surface area contributed by atoms with Crippen LogP contribution in [0.1, 0.15) is 25.3 Å². The first kappa shape index (κ1) is 15.6. The molecule has 0 saturated carbocycles. The van der Waals surface area contributed by atoms with Crippen LogP contribution < -0.4 is 0 Å². The van der Waals surface area contributed by atoms with Crippen LogP contribution >= 0.6 is 0 Å². The molecule has 1 aromatic rings. The molecule has 4 heteroatoms. The standard InChI is InChI=1S/C15H23FN2O/c1-4-5-10-17(2)12-15(19)18(3)11-13-8-6-7-9-14(13)16/h6-9H,4-5,10-12H2,1-3H3. The highest BCUT2D eigenvalue weighted by molar-refractivity contribution is 5.77. The Labute approximate surface area is 115 Å². The molecule has 0 N–H and O–H groups in total. The Hall–Kier alpha value is -1.42. The predicted octanol–water partition coefficient (Wildman–Crippen LogP) is 2.52. The number of unbranched alkanes of at least 4 members (excludes halogenated alkanes) is 1. The monoisotopic (exact) mass is 266 g/mol. The van der Waals surface area contributed by atoms with Crippen LogP contribution in [0.3, 0.4) is 0 Å². The van der Waals surface area contributed by atoms with Gasteiger partial charge in [-0.2, -0.15) is 0 Å². The second-order valence-corrected chi connectivity index (χ2v) is 4.93. The van der Waals surface area contributed by atoms with E-state index < -0.39 is 0 Å². The number of hydrogen-bond acceptors (Lipinski definition) is 2. The largest absolute Gasteiger partial charge is 0.340 e. The average Bonchev–Trinajstić information content (AvgIpc) is 2.38. The van der Waals surface area contributed by atoms with Crippen LogP contribution in [0.25, 0.3) is 0 Å². The van der Waals surface area contributed by atoms with Crippen molar-refractivity contribution in [3.8, 4) is 0 Å². The minimum Gasteiger partial charge on any atom is -0.340 e. The average molecular weight is 266 g/mol. The van der Waals surface area contributed by atoms with Crippen molar-refractivity contribution < 1.29 is 9.18 Å². The maximum Gasteiger partial charge on any atom is 0.236 e. The van der Waals surface area contributed by atoms with E-state index in [2.05, 4.69) is 6.92 Å². The summed E-state index contributed by atoms with van der Waals surface area (Å²) in [5.74, 6) is -0.247. The van der Waals surface area contributed by atoms with E-state index in [0.29, 0.717) is 18.7 Å². The molecule has 0 fully saturated rings. The van der Waals surface area contributed by atoms with Crippen LogP contribution in [0.15, 0.2) is 24.3 Å². The van der Waals surface area contributed by atoms with E-state index in [1.54, 1.807) is 30.1 Å². The zero-order valence-electron chi connectivity index (χ0n) is 12.0. The minimum absolute atomic E-state index is 0.0156. The first-order valence-electron chi connectivity index (χ1n) is 6.70. The molecule has 0 aliphatic heterocycles. The number of carbonyl (C=O) groups excluding carboxylic acids is 1. The maximum atomic E-state index is 13.5. The molecule has 3 nitrogen and oxygen atoms in total. The van der Waals surface area contributed by atoms with Crippen molar-refractivity contribution in [2.24, 2.45) is 0 Å². The number of nitrogens with zero attached hydrogens (tertiary/aromatic N) is 2. The highest BCUT2D eigenvalue weighted by atomic mass is 19.1. The summed E-state index contributed by atoms with van der Waals surface area (Å²) >= 11 is 0. The first-order chi connectivity index (χ1) is 9.04. The zero-order chi connectivity index (χ0) is 14.3. The topological polar surface area (TPSA) is 23.6 Å². The third kappa shape index (κ3) is 5.39. The van der Waals surface area contributed by atoms with Crippen molar-refractivity contribution in [1.82, 2.24) is 9.80 Å². The molecular formula is C15H23FN2O. The third-order valence-corrected chi connectivity index (χ3v) is 3.09. The van der Waals surface area contributed by atoms with Gasteiger partial charge in [0.25, 0.3) is 0 Å². The van der Waals surface area contributed by atoms with Crippen LogP contribution in [-0.4, -0.2) is 42.9 Å². The summed E-state index contributed by atoms with van der Waals surface area (Å²) < 4.78 is 13.5. The summed E-state index contributed by atoms with van der Waals surface area (Å²) in [6, 6.07) is 6.56. The lowest BCUT2D eigenvalue weighted by Gasteiger charge is -2.22. The second-order valence-electron chi connectivity index (χ2n) is 4.93. The predicted molar refractivity (Wildman–Crippen MR) is 75.3 cm³/mol. The van der Waals surface area contributed by atoms with Gasteiger partial charge in [-0.25, -0.2) is 4.39 Å². The van der Waals surface area contributed by atoms with Gasteiger partial charge in [-0.05, 0) is 26.1 Å². The molecule has 0 atom stereocenters. The number of carbonyl (C=O) groups is 1. The van der Waals surface area contributed by atoms with E-state index >= 15 is 0 Å². The van der Waals surface area contributed by atoms with Gasteiger partial charge in [0.2, 0.25) is 5.91 Å². The Morgan fingerprint density at radius 3 is 2.58 bits per heavy atom. The van der Waals surface area contributed by atoms with Gasteiger partial charge in [-0.15, -0.1) is 0 Å². The lowest BCUT2D eigenvalue weighted by atomic mass is 10.2. The summed E-state index contributed by atoms with van der Waals surface area (Å²) in [6.07, 6.45) is 2.20. The molecule has 0 aliphatic rings. The van der Waals surface area contributed by atoms with Crippen molar-refractivity contribution in [1.29, 1.82) is 0 Å². The minimum atomic E-state index is -0.263. The van der Waals surface area contributed by atoms with Gasteiger partial charge in [0.1, 0.15) is 5.82 Å². The highest BCUT2D eigenvalue weighted by Gasteiger charge is 2.13. The Morgan fingerprint density at radius 2 is 1.95 bits per heavy atom. The molecule has 0 aromatic heterocycles. The lowest BCUT2D eigenvalue weighted by molar-refractivity contribution is -0.131. The number of hydrogen-bond donors (Lipinski definition) is 0. The molecule has 19 heavy (non-hydrogen) atoms. The van der Waals surface area contributed by atoms with Gasteiger partial charge in [0.15, 0.2) is 0 Å². The molecule has 0 radical (unpaired) electrons. The number of likely N-dealkylation sites (N-methyl/N-ethyl adjacent to an activating group) is 2. The maximum absolute atomic E-state index is 13.5. The summed E-state index contributed by atoms with van der Waals surface area (Å²) in [5, 5.41) is 0. The normalized spacial score (nSPS) is 10.8. The molecule has 0 heterocycles. The summed E-state index contributed by atoms with van der Waals surface area (Å²) in [5.41, 5.74) is 0.551. The van der Waals surface area contributed by atoms with Crippen molar-refractivity contribution in [2.75, 3.05) is 27.2 Å². The third-order valence-electron chi connectivity index (χ3n) is 3.09. The Balaban J connectivity index is 2.47. The number of rotatable bonds is 7. The van der Waals surface area contributed by atoms with Crippen molar-refractivity contribution >= 4 is 5.91 Å². The number of amides is 1. The molecule has 1 amide bonds. The number of benzene rings is 1. The van der Waals surface area contributed by atoms with Crippen LogP contribution in [-0.2, 0) is 11.3 Å². The van der Waals surface area contributed by atoms with E-state index in [-0.39, 0.29) is 11.7 Å². The second kappa shape index (κ2) is 7.89. The lowest BCUT2D eigenvalue weighted by Crippen LogP contribution is -2.36. The van der Waals surface area contributed by atoms with E-state index in [9.17, 15) is 9.18 Å². The Bertz CT molecular complexity index is 409. The van der Waals surface area contributed by atoms with Gasteiger partial charge in [-0.3, -0.25) is 9.69 Å². The summed E-state index contributed by atoms with van der Waals surface area (Å²) in [7, 11) is 3.65. The molecule has 1 aromatic carbocycles. The van der Waals surface area contributed by atoms with Gasteiger partial charge in [0, 0.05) is 19.2 Å². The SMILES string of the molecule is CCCCN(C)CC(=O)N(C)Cc1ccccc1F. The molecule has 0 aliphatic carbocycles. The fourth-order valence-corrected chi connectivity index (χ4v) is 1.83.